The predicted molar refractivity (Wildman–Crippen MR) is 122 cm³/mol. The first-order valence-corrected chi connectivity index (χ1v) is 10.6. The molecule has 0 bridgehead atoms. The zero-order chi connectivity index (χ0) is 20.7. The summed E-state index contributed by atoms with van der Waals surface area (Å²) in [6, 6.07) is 16.0. The van der Waals surface area contributed by atoms with Gasteiger partial charge in [0.2, 0.25) is 5.91 Å². The number of benzene rings is 2. The van der Waals surface area contributed by atoms with Crippen LogP contribution in [0.3, 0.4) is 0 Å². The number of fused-ring (bicyclic) bond motifs is 1. The van der Waals surface area contributed by atoms with Gasteiger partial charge in [0.1, 0.15) is 11.9 Å². The summed E-state index contributed by atoms with van der Waals surface area (Å²) in [7, 11) is 0. The van der Waals surface area contributed by atoms with Crippen LogP contribution in [-0.4, -0.2) is 41.2 Å². The molecule has 31 heavy (non-hydrogen) atoms. The lowest BCUT2D eigenvalue weighted by Crippen LogP contribution is -2.49. The number of carbonyl (C=O) groups is 1. The molecule has 4 nitrogen and oxygen atoms in total. The van der Waals surface area contributed by atoms with Gasteiger partial charge in [-0.1, -0.05) is 30.3 Å². The zero-order valence-corrected chi connectivity index (χ0v) is 18.3. The molecule has 162 valence electrons. The average Bonchev–Trinajstić information content (AvgIpc) is 3.61. The van der Waals surface area contributed by atoms with Crippen LogP contribution in [0, 0.1) is 12.8 Å². The number of nitrogens with zero attached hydrogens (tertiary/aromatic N) is 2. The van der Waals surface area contributed by atoms with E-state index in [-0.39, 0.29) is 30.8 Å². The number of piperidine rings is 1. The molecule has 0 radical (unpaired) electrons. The Bertz CT molecular complexity index is 1080. The topological polar surface area (TPSA) is 42.4 Å². The number of carbonyl (C=O) groups excluding carboxylic acids is 1. The maximum absolute atomic E-state index is 14.6. The molecule has 1 aromatic heterocycles. The molecule has 2 aliphatic rings. The van der Waals surface area contributed by atoms with Gasteiger partial charge in [-0.3, -0.25) is 9.78 Å². The molecule has 2 atom stereocenters. The quantitative estimate of drug-likeness (QED) is 0.548. The largest absolute Gasteiger partial charge is 0.487 e. The number of likely N-dealkylation sites (tertiary alicyclic amines) is 1. The van der Waals surface area contributed by atoms with Crippen molar-refractivity contribution >= 4 is 29.2 Å². The number of pyridine rings is 1. The van der Waals surface area contributed by atoms with Gasteiger partial charge in [-0.05, 0) is 54.7 Å². The normalized spacial score (nSPS) is 20.9. The third-order valence-electron chi connectivity index (χ3n) is 6.20. The highest BCUT2D eigenvalue weighted by Gasteiger charge is 2.38. The fourth-order valence-corrected chi connectivity index (χ4v) is 4.30. The minimum absolute atomic E-state index is 0. The molecule has 5 rings (SSSR count). The molecule has 0 N–H and O–H groups in total. The number of amides is 1. The number of aryl methyl sites for hydroxylation is 1. The first kappa shape index (κ1) is 21.6. The number of halogens is 2. The molecule has 1 saturated carbocycles. The minimum atomic E-state index is -1.16. The second kappa shape index (κ2) is 8.83. The lowest BCUT2D eigenvalue weighted by molar-refractivity contribution is -0.136. The van der Waals surface area contributed by atoms with Gasteiger partial charge in [0.25, 0.3) is 0 Å². The highest BCUT2D eigenvalue weighted by molar-refractivity contribution is 5.88. The van der Waals surface area contributed by atoms with E-state index < -0.39 is 12.3 Å². The zero-order valence-electron chi connectivity index (χ0n) is 17.5. The predicted octanol–water partition coefficient (Wildman–Crippen LogP) is 5.36. The van der Waals surface area contributed by atoms with Gasteiger partial charge < -0.3 is 9.64 Å². The van der Waals surface area contributed by atoms with Gasteiger partial charge in [-0.25, -0.2) is 4.39 Å². The maximum atomic E-state index is 14.6. The average molecular weight is 441 g/mol. The van der Waals surface area contributed by atoms with Crippen molar-refractivity contribution in [1.82, 2.24) is 9.88 Å². The molecule has 1 saturated heterocycles. The molecule has 0 unspecified atom stereocenters. The molecule has 1 aliphatic heterocycles. The van der Waals surface area contributed by atoms with Gasteiger partial charge >= 0.3 is 0 Å². The Morgan fingerprint density at radius 2 is 1.87 bits per heavy atom. The molecule has 1 amide bonds. The van der Waals surface area contributed by atoms with Crippen molar-refractivity contribution in [2.45, 2.75) is 38.5 Å². The summed E-state index contributed by atoms with van der Waals surface area (Å²) in [5, 5.41) is 1.12. The summed E-state index contributed by atoms with van der Waals surface area (Å²) in [5.41, 5.74) is 4.35. The van der Waals surface area contributed by atoms with Crippen LogP contribution < -0.4 is 4.74 Å². The van der Waals surface area contributed by atoms with Gasteiger partial charge in [0.05, 0.1) is 12.1 Å². The van der Waals surface area contributed by atoms with Crippen LogP contribution in [0.1, 0.15) is 24.8 Å². The minimum Gasteiger partial charge on any atom is -0.487 e. The van der Waals surface area contributed by atoms with Gasteiger partial charge in [-0.15, -0.1) is 12.4 Å². The van der Waals surface area contributed by atoms with E-state index in [1.807, 2.05) is 36.5 Å². The standard InChI is InChI=1S/C25H25FN2O2.ClH/c1-16-21(11-8-18-3-2-13-27-24(16)18)17-6-9-20(10-7-17)30-23-12-14-28(15-22(23)26)25(29)19-4-5-19;/h2-3,6-11,13,19,22-23H,4-5,12,14-15H2,1H3;1H/t22-,23+;/m1./s1. The number of hydrogen-bond donors (Lipinski definition) is 0. The summed E-state index contributed by atoms with van der Waals surface area (Å²) >= 11 is 0. The molecule has 2 aromatic carbocycles. The van der Waals surface area contributed by atoms with E-state index in [4.69, 9.17) is 4.74 Å². The molecule has 1 aliphatic carbocycles. The van der Waals surface area contributed by atoms with Crippen LogP contribution in [0.15, 0.2) is 54.7 Å². The van der Waals surface area contributed by atoms with Crippen molar-refractivity contribution in [2.24, 2.45) is 5.92 Å². The van der Waals surface area contributed by atoms with Crippen LogP contribution in [-0.2, 0) is 4.79 Å². The first-order chi connectivity index (χ1) is 14.6. The second-order valence-corrected chi connectivity index (χ2v) is 8.36. The Balaban J connectivity index is 0.00000231. The van der Waals surface area contributed by atoms with Gasteiger partial charge in [0.15, 0.2) is 6.17 Å². The molecular weight excluding hydrogens is 415 g/mol. The molecular formula is C25H26ClFN2O2. The molecule has 3 aromatic rings. The SMILES string of the molecule is Cc1c(-c2ccc(O[C@H]3CCN(C(=O)C4CC4)C[C@H]3F)cc2)ccc2cccnc12.Cl. The Kier molecular flexibility index (Phi) is 6.15. The third-order valence-corrected chi connectivity index (χ3v) is 6.20. The lowest BCUT2D eigenvalue weighted by atomic mass is 9.98. The van der Waals surface area contributed by atoms with Crippen molar-refractivity contribution < 1.29 is 13.9 Å². The van der Waals surface area contributed by atoms with Gasteiger partial charge in [-0.2, -0.15) is 0 Å². The van der Waals surface area contributed by atoms with E-state index >= 15 is 0 Å². The Morgan fingerprint density at radius 3 is 2.58 bits per heavy atom. The fourth-order valence-electron chi connectivity index (χ4n) is 4.30. The Morgan fingerprint density at radius 1 is 1.10 bits per heavy atom. The lowest BCUT2D eigenvalue weighted by Gasteiger charge is -2.35. The van der Waals surface area contributed by atoms with E-state index in [9.17, 15) is 9.18 Å². The Hall–Kier alpha value is -2.66. The van der Waals surface area contributed by atoms with Crippen LogP contribution in [0.5, 0.6) is 5.75 Å². The van der Waals surface area contributed by atoms with Crippen LogP contribution in [0.2, 0.25) is 0 Å². The van der Waals surface area contributed by atoms with E-state index in [1.165, 1.54) is 0 Å². The van der Waals surface area contributed by atoms with Crippen LogP contribution >= 0.6 is 12.4 Å². The smallest absolute Gasteiger partial charge is 0.225 e. The molecule has 2 fully saturated rings. The summed E-state index contributed by atoms with van der Waals surface area (Å²) in [4.78, 5) is 18.3. The van der Waals surface area contributed by atoms with Crippen molar-refractivity contribution in [3.63, 3.8) is 0 Å². The Labute approximate surface area is 187 Å². The summed E-state index contributed by atoms with van der Waals surface area (Å²) in [6.07, 6.45) is 2.57. The molecule has 2 heterocycles. The second-order valence-electron chi connectivity index (χ2n) is 8.36. The highest BCUT2D eigenvalue weighted by Crippen LogP contribution is 2.33. The number of hydrogen-bond acceptors (Lipinski definition) is 3. The van der Waals surface area contributed by atoms with Crippen LogP contribution in [0.25, 0.3) is 22.0 Å². The number of rotatable bonds is 4. The van der Waals surface area contributed by atoms with Crippen molar-refractivity contribution in [3.05, 3.63) is 60.3 Å². The van der Waals surface area contributed by atoms with E-state index in [2.05, 4.69) is 30.1 Å². The number of ether oxygens (including phenoxy) is 1. The monoisotopic (exact) mass is 440 g/mol. The molecule has 6 heteroatoms. The van der Waals surface area contributed by atoms with E-state index in [0.29, 0.717) is 18.7 Å². The van der Waals surface area contributed by atoms with Crippen molar-refractivity contribution in [1.29, 1.82) is 0 Å². The van der Waals surface area contributed by atoms with Crippen molar-refractivity contribution in [2.75, 3.05) is 13.1 Å². The van der Waals surface area contributed by atoms with Crippen LogP contribution in [0.4, 0.5) is 4.39 Å². The van der Waals surface area contributed by atoms with Crippen molar-refractivity contribution in [3.8, 4) is 16.9 Å². The highest BCUT2D eigenvalue weighted by atomic mass is 35.5. The van der Waals surface area contributed by atoms with E-state index in [0.717, 1.165) is 40.4 Å². The van der Waals surface area contributed by atoms with Gasteiger partial charge in [0, 0.05) is 30.5 Å². The fraction of sp³-hybridized carbons (Fsp3) is 0.360. The maximum Gasteiger partial charge on any atom is 0.225 e. The molecule has 0 spiro atoms. The first-order valence-electron chi connectivity index (χ1n) is 10.6. The third kappa shape index (κ3) is 4.38. The summed E-state index contributed by atoms with van der Waals surface area (Å²) < 4.78 is 20.6. The summed E-state index contributed by atoms with van der Waals surface area (Å²) in [5.74, 6) is 0.904. The summed E-state index contributed by atoms with van der Waals surface area (Å²) in [6.45, 7) is 2.79. The number of alkyl halides is 1. The number of aromatic nitrogens is 1. The van der Waals surface area contributed by atoms with E-state index in [1.54, 1.807) is 4.90 Å².